The highest BCUT2D eigenvalue weighted by Gasteiger charge is 2.25. The minimum absolute atomic E-state index is 0.376. The van der Waals surface area contributed by atoms with Crippen LogP contribution in [0.2, 0.25) is 0 Å². The Morgan fingerprint density at radius 3 is 2.89 bits per heavy atom. The topological polar surface area (TPSA) is 15.3 Å². The second-order valence-electron chi connectivity index (χ2n) is 5.20. The van der Waals surface area contributed by atoms with Gasteiger partial charge in [0.1, 0.15) is 0 Å². The van der Waals surface area contributed by atoms with E-state index in [-0.39, 0.29) is 0 Å². The molecule has 0 saturated carbocycles. The Labute approximate surface area is 107 Å². The summed E-state index contributed by atoms with van der Waals surface area (Å²) < 4.78 is 26.9. The minimum atomic E-state index is -0.760. The van der Waals surface area contributed by atoms with Gasteiger partial charge in [-0.15, -0.1) is 0 Å². The molecule has 18 heavy (non-hydrogen) atoms. The van der Waals surface area contributed by atoms with Crippen LogP contribution in [-0.2, 0) is 6.54 Å². The van der Waals surface area contributed by atoms with E-state index in [1.54, 1.807) is 12.1 Å². The van der Waals surface area contributed by atoms with Crippen molar-refractivity contribution in [1.82, 2.24) is 10.2 Å². The normalized spacial score (nSPS) is 21.5. The highest BCUT2D eigenvalue weighted by Crippen LogP contribution is 2.19. The van der Waals surface area contributed by atoms with Crippen molar-refractivity contribution in [3.63, 3.8) is 0 Å². The van der Waals surface area contributed by atoms with Crippen molar-refractivity contribution in [3.8, 4) is 0 Å². The molecule has 0 radical (unpaired) electrons. The molecule has 1 aliphatic heterocycles. The van der Waals surface area contributed by atoms with Gasteiger partial charge in [-0.25, -0.2) is 8.78 Å². The molecule has 1 aliphatic rings. The molecule has 0 bridgehead atoms. The Kier molecular flexibility index (Phi) is 4.30. The molecule has 2 rings (SSSR count). The lowest BCUT2D eigenvalue weighted by Crippen LogP contribution is -2.53. The molecule has 1 aromatic rings. The summed E-state index contributed by atoms with van der Waals surface area (Å²) >= 11 is 0. The first-order valence-electron chi connectivity index (χ1n) is 6.47. The van der Waals surface area contributed by atoms with E-state index in [4.69, 9.17) is 0 Å². The Hall–Kier alpha value is -1.00. The third kappa shape index (κ3) is 2.87. The Morgan fingerprint density at radius 2 is 2.17 bits per heavy atom. The van der Waals surface area contributed by atoms with Crippen LogP contribution in [-0.4, -0.2) is 30.6 Å². The monoisotopic (exact) mass is 254 g/mol. The van der Waals surface area contributed by atoms with Gasteiger partial charge in [0, 0.05) is 37.8 Å². The molecule has 0 aromatic heterocycles. The molecule has 4 heteroatoms. The molecule has 1 aromatic carbocycles. The van der Waals surface area contributed by atoms with Crippen LogP contribution in [0.25, 0.3) is 0 Å². The number of halogens is 2. The lowest BCUT2D eigenvalue weighted by molar-refractivity contribution is 0.115. The van der Waals surface area contributed by atoms with Crippen molar-refractivity contribution in [2.75, 3.05) is 19.6 Å². The SMILES string of the molecule is CC(C)C1CNCCN1Cc1cccc(F)c1F. The zero-order valence-electron chi connectivity index (χ0n) is 10.9. The number of rotatable bonds is 3. The number of piperazine rings is 1. The van der Waals surface area contributed by atoms with Crippen LogP contribution in [0.15, 0.2) is 18.2 Å². The van der Waals surface area contributed by atoms with Gasteiger partial charge in [-0.2, -0.15) is 0 Å². The molecule has 1 heterocycles. The zero-order valence-corrected chi connectivity index (χ0v) is 10.9. The maximum absolute atomic E-state index is 13.7. The molecule has 1 fully saturated rings. The summed E-state index contributed by atoms with van der Waals surface area (Å²) in [6, 6.07) is 4.77. The summed E-state index contributed by atoms with van der Waals surface area (Å²) in [5.41, 5.74) is 0.447. The van der Waals surface area contributed by atoms with Gasteiger partial charge in [0.15, 0.2) is 11.6 Å². The summed E-state index contributed by atoms with van der Waals surface area (Å²) in [7, 11) is 0. The van der Waals surface area contributed by atoms with E-state index in [9.17, 15) is 8.78 Å². The summed E-state index contributed by atoms with van der Waals surface area (Å²) in [6.07, 6.45) is 0. The van der Waals surface area contributed by atoms with E-state index >= 15 is 0 Å². The number of hydrogen-bond acceptors (Lipinski definition) is 2. The summed E-state index contributed by atoms with van der Waals surface area (Å²) in [5, 5.41) is 3.35. The average molecular weight is 254 g/mol. The van der Waals surface area contributed by atoms with E-state index in [2.05, 4.69) is 24.1 Å². The van der Waals surface area contributed by atoms with Gasteiger partial charge in [-0.3, -0.25) is 4.90 Å². The van der Waals surface area contributed by atoms with Gasteiger partial charge in [0.2, 0.25) is 0 Å². The van der Waals surface area contributed by atoms with Crippen LogP contribution < -0.4 is 5.32 Å². The third-order valence-electron chi connectivity index (χ3n) is 3.57. The first-order chi connectivity index (χ1) is 8.59. The highest BCUT2D eigenvalue weighted by atomic mass is 19.2. The molecule has 2 nitrogen and oxygen atoms in total. The highest BCUT2D eigenvalue weighted by molar-refractivity contribution is 5.19. The Bertz CT molecular complexity index is 407. The van der Waals surface area contributed by atoms with Crippen molar-refractivity contribution >= 4 is 0 Å². The molecule has 0 spiro atoms. The second-order valence-corrected chi connectivity index (χ2v) is 5.20. The van der Waals surface area contributed by atoms with Crippen LogP contribution in [0, 0.1) is 17.6 Å². The van der Waals surface area contributed by atoms with Gasteiger partial charge in [-0.1, -0.05) is 26.0 Å². The Morgan fingerprint density at radius 1 is 1.39 bits per heavy atom. The number of nitrogens with one attached hydrogen (secondary N) is 1. The number of hydrogen-bond donors (Lipinski definition) is 1. The molecular weight excluding hydrogens is 234 g/mol. The fourth-order valence-electron chi connectivity index (χ4n) is 2.51. The van der Waals surface area contributed by atoms with Crippen molar-refractivity contribution in [2.45, 2.75) is 26.4 Å². The van der Waals surface area contributed by atoms with E-state index in [1.807, 2.05) is 0 Å². The predicted octanol–water partition coefficient (Wildman–Crippen LogP) is 2.39. The maximum Gasteiger partial charge on any atom is 0.163 e. The third-order valence-corrected chi connectivity index (χ3v) is 3.57. The van der Waals surface area contributed by atoms with Crippen LogP contribution in [0.5, 0.6) is 0 Å². The first kappa shape index (κ1) is 13.4. The van der Waals surface area contributed by atoms with E-state index < -0.39 is 11.6 Å². The van der Waals surface area contributed by atoms with Crippen LogP contribution >= 0.6 is 0 Å². The number of nitrogens with zero attached hydrogens (tertiary/aromatic N) is 1. The van der Waals surface area contributed by atoms with Gasteiger partial charge < -0.3 is 5.32 Å². The standard InChI is InChI=1S/C14H20F2N2/c1-10(2)13-8-17-6-7-18(13)9-11-4-3-5-12(15)14(11)16/h3-5,10,13,17H,6-9H2,1-2H3. The quantitative estimate of drug-likeness (QED) is 0.891. The van der Waals surface area contributed by atoms with E-state index in [1.165, 1.54) is 0 Å². The molecule has 0 amide bonds. The summed E-state index contributed by atoms with van der Waals surface area (Å²) in [4.78, 5) is 2.24. The minimum Gasteiger partial charge on any atom is -0.314 e. The summed E-state index contributed by atoms with van der Waals surface area (Å²) in [6.45, 7) is 7.49. The van der Waals surface area contributed by atoms with E-state index in [0.717, 1.165) is 25.7 Å². The largest absolute Gasteiger partial charge is 0.314 e. The van der Waals surface area contributed by atoms with Crippen molar-refractivity contribution in [2.24, 2.45) is 5.92 Å². The maximum atomic E-state index is 13.7. The lowest BCUT2D eigenvalue weighted by atomic mass is 9.99. The fraction of sp³-hybridized carbons (Fsp3) is 0.571. The van der Waals surface area contributed by atoms with Gasteiger partial charge in [0.25, 0.3) is 0 Å². The second kappa shape index (κ2) is 5.76. The molecule has 1 saturated heterocycles. The Balaban J connectivity index is 2.13. The van der Waals surface area contributed by atoms with Crippen molar-refractivity contribution < 1.29 is 8.78 Å². The van der Waals surface area contributed by atoms with Gasteiger partial charge in [-0.05, 0) is 12.0 Å². The molecule has 1 atom stereocenters. The molecular formula is C14H20F2N2. The molecule has 0 aliphatic carbocycles. The van der Waals surface area contributed by atoms with Crippen molar-refractivity contribution in [1.29, 1.82) is 0 Å². The molecule has 1 N–H and O–H groups in total. The van der Waals surface area contributed by atoms with Crippen LogP contribution in [0.4, 0.5) is 8.78 Å². The van der Waals surface area contributed by atoms with Crippen LogP contribution in [0.3, 0.4) is 0 Å². The van der Waals surface area contributed by atoms with Crippen molar-refractivity contribution in [3.05, 3.63) is 35.4 Å². The smallest absolute Gasteiger partial charge is 0.163 e. The van der Waals surface area contributed by atoms with Crippen LogP contribution in [0.1, 0.15) is 19.4 Å². The van der Waals surface area contributed by atoms with Gasteiger partial charge in [0.05, 0.1) is 0 Å². The lowest BCUT2D eigenvalue weighted by Gasteiger charge is -2.38. The van der Waals surface area contributed by atoms with Gasteiger partial charge >= 0.3 is 0 Å². The molecule has 1 unspecified atom stereocenters. The first-order valence-corrected chi connectivity index (χ1v) is 6.47. The number of benzene rings is 1. The molecule has 100 valence electrons. The van der Waals surface area contributed by atoms with E-state index in [0.29, 0.717) is 24.1 Å². The zero-order chi connectivity index (χ0) is 13.1. The summed E-state index contributed by atoms with van der Waals surface area (Å²) in [5.74, 6) is -0.975. The fourth-order valence-corrected chi connectivity index (χ4v) is 2.51. The average Bonchev–Trinajstić information content (AvgIpc) is 2.35. The predicted molar refractivity (Wildman–Crippen MR) is 68.3 cm³/mol.